The van der Waals surface area contributed by atoms with Crippen LogP contribution in [0.3, 0.4) is 0 Å². The number of rotatable bonds is 8. The van der Waals surface area contributed by atoms with Gasteiger partial charge < -0.3 is 15.2 Å². The van der Waals surface area contributed by atoms with Gasteiger partial charge in [-0.3, -0.25) is 0 Å². The van der Waals surface area contributed by atoms with Crippen molar-refractivity contribution in [3.05, 3.63) is 30.1 Å². The van der Waals surface area contributed by atoms with E-state index in [4.69, 9.17) is 15.2 Å². The number of ether oxygens (including phenoxy) is 2. The first-order valence-corrected chi connectivity index (χ1v) is 7.61. The molecule has 1 rings (SSSR count). The predicted molar refractivity (Wildman–Crippen MR) is 78.2 cm³/mol. The number of nitrogens with two attached hydrogens (primary N) is 1. The smallest absolute Gasteiger partial charge is 0.240 e. The Morgan fingerprint density at radius 2 is 2.14 bits per heavy atom. The Balaban J connectivity index is 2.73. The van der Waals surface area contributed by atoms with Gasteiger partial charge in [-0.2, -0.15) is 0 Å². The number of nitrogen functional groups attached to an aromatic ring is 1. The Morgan fingerprint density at radius 3 is 2.67 bits per heavy atom. The molecule has 0 bridgehead atoms. The van der Waals surface area contributed by atoms with Crippen molar-refractivity contribution in [1.29, 1.82) is 0 Å². The molecule has 1 aromatic rings. The molecule has 0 unspecified atom stereocenters. The molecule has 0 radical (unpaired) electrons. The van der Waals surface area contributed by atoms with Crippen molar-refractivity contribution in [2.24, 2.45) is 0 Å². The normalized spacial score (nSPS) is 11.4. The first-order chi connectivity index (χ1) is 9.77. The van der Waals surface area contributed by atoms with Gasteiger partial charge >= 0.3 is 0 Å². The molecule has 0 aliphatic rings. The van der Waals surface area contributed by atoms with E-state index in [-0.39, 0.29) is 29.5 Å². The fourth-order valence-corrected chi connectivity index (χ4v) is 2.60. The summed E-state index contributed by atoms with van der Waals surface area (Å²) in [5, 5.41) is 0. The van der Waals surface area contributed by atoms with Crippen LogP contribution in [0, 0.1) is 5.82 Å². The molecule has 3 N–H and O–H groups in total. The minimum absolute atomic E-state index is 0.0587. The number of benzene rings is 1. The Hall–Kier alpha value is -1.64. The molecule has 0 atom stereocenters. The molecule has 0 heterocycles. The summed E-state index contributed by atoms with van der Waals surface area (Å²) in [6, 6.07) is 1.99. The molecule has 0 saturated heterocycles. The van der Waals surface area contributed by atoms with Crippen LogP contribution >= 0.6 is 0 Å². The summed E-state index contributed by atoms with van der Waals surface area (Å²) in [4.78, 5) is -0.266. The third-order valence-electron chi connectivity index (χ3n) is 2.45. The monoisotopic (exact) mass is 318 g/mol. The van der Waals surface area contributed by atoms with Crippen LogP contribution in [0.4, 0.5) is 10.1 Å². The van der Waals surface area contributed by atoms with Crippen LogP contribution in [0.5, 0.6) is 5.75 Å². The van der Waals surface area contributed by atoms with Crippen molar-refractivity contribution >= 4 is 15.7 Å². The SMILES string of the molecule is C=C(C)COCCNS(=O)(=O)c1cc(N)c(OC)c(F)c1. The van der Waals surface area contributed by atoms with Crippen molar-refractivity contribution < 1.29 is 22.3 Å². The lowest BCUT2D eigenvalue weighted by Gasteiger charge is -2.11. The lowest BCUT2D eigenvalue weighted by molar-refractivity contribution is 0.162. The van der Waals surface area contributed by atoms with Crippen LogP contribution in [0.1, 0.15) is 6.92 Å². The van der Waals surface area contributed by atoms with Gasteiger partial charge in [0.2, 0.25) is 10.0 Å². The molecule has 6 nitrogen and oxygen atoms in total. The summed E-state index contributed by atoms with van der Waals surface area (Å²) in [6.45, 7) is 6.04. The van der Waals surface area contributed by atoms with Crippen LogP contribution in [-0.4, -0.2) is 35.3 Å². The van der Waals surface area contributed by atoms with Gasteiger partial charge in [-0.25, -0.2) is 17.5 Å². The lowest BCUT2D eigenvalue weighted by Crippen LogP contribution is -2.27. The topological polar surface area (TPSA) is 90.7 Å². The molecule has 1 aromatic carbocycles. The third kappa shape index (κ3) is 5.00. The van der Waals surface area contributed by atoms with E-state index in [1.165, 1.54) is 7.11 Å². The lowest BCUT2D eigenvalue weighted by atomic mass is 10.3. The second-order valence-corrected chi connectivity index (χ2v) is 6.20. The molecule has 0 aromatic heterocycles. The van der Waals surface area contributed by atoms with E-state index < -0.39 is 15.8 Å². The maximum absolute atomic E-state index is 13.6. The van der Waals surface area contributed by atoms with E-state index in [1.807, 2.05) is 0 Å². The molecule has 0 saturated carbocycles. The van der Waals surface area contributed by atoms with E-state index >= 15 is 0 Å². The maximum atomic E-state index is 13.6. The average Bonchev–Trinajstić information content (AvgIpc) is 2.37. The van der Waals surface area contributed by atoms with Crippen molar-refractivity contribution in [3.8, 4) is 5.75 Å². The minimum atomic E-state index is -3.86. The molecule has 0 spiro atoms. The third-order valence-corrected chi connectivity index (χ3v) is 3.89. The van der Waals surface area contributed by atoms with Crippen LogP contribution in [0.2, 0.25) is 0 Å². The largest absolute Gasteiger partial charge is 0.492 e. The van der Waals surface area contributed by atoms with Gasteiger partial charge in [0, 0.05) is 6.54 Å². The van der Waals surface area contributed by atoms with Crippen molar-refractivity contribution in [1.82, 2.24) is 4.72 Å². The van der Waals surface area contributed by atoms with E-state index in [2.05, 4.69) is 11.3 Å². The highest BCUT2D eigenvalue weighted by Gasteiger charge is 2.18. The fraction of sp³-hybridized carbons (Fsp3) is 0.385. The first-order valence-electron chi connectivity index (χ1n) is 6.12. The van der Waals surface area contributed by atoms with Crippen LogP contribution in [0.25, 0.3) is 0 Å². The summed E-state index contributed by atoms with van der Waals surface area (Å²) in [5.74, 6) is -1.02. The van der Waals surface area contributed by atoms with Gasteiger partial charge in [0.1, 0.15) is 0 Å². The van der Waals surface area contributed by atoms with E-state index in [9.17, 15) is 12.8 Å². The highest BCUT2D eigenvalue weighted by molar-refractivity contribution is 7.89. The van der Waals surface area contributed by atoms with Crippen LogP contribution in [-0.2, 0) is 14.8 Å². The zero-order valence-electron chi connectivity index (χ0n) is 12.0. The maximum Gasteiger partial charge on any atom is 0.240 e. The van der Waals surface area contributed by atoms with Crippen molar-refractivity contribution in [2.75, 3.05) is 32.6 Å². The summed E-state index contributed by atoms with van der Waals surface area (Å²) in [5.41, 5.74) is 6.30. The summed E-state index contributed by atoms with van der Waals surface area (Å²) >= 11 is 0. The van der Waals surface area contributed by atoms with Gasteiger partial charge in [-0.1, -0.05) is 12.2 Å². The number of hydrogen-bond acceptors (Lipinski definition) is 5. The highest BCUT2D eigenvalue weighted by atomic mass is 32.2. The zero-order chi connectivity index (χ0) is 16.0. The molecule has 0 amide bonds. The Bertz CT molecular complexity index is 594. The Morgan fingerprint density at radius 1 is 1.48 bits per heavy atom. The Labute approximate surface area is 123 Å². The molecule has 118 valence electrons. The van der Waals surface area contributed by atoms with Crippen LogP contribution < -0.4 is 15.2 Å². The van der Waals surface area contributed by atoms with E-state index in [0.717, 1.165) is 17.7 Å². The van der Waals surface area contributed by atoms with Gasteiger partial charge in [-0.05, 0) is 19.1 Å². The fourth-order valence-electron chi connectivity index (χ4n) is 1.54. The number of halogens is 1. The van der Waals surface area contributed by atoms with Gasteiger partial charge in [-0.15, -0.1) is 0 Å². The second kappa shape index (κ2) is 7.39. The number of methoxy groups -OCH3 is 1. The quantitative estimate of drug-likeness (QED) is 0.428. The molecule has 0 fully saturated rings. The molecule has 0 aliphatic carbocycles. The second-order valence-electron chi connectivity index (χ2n) is 4.44. The summed E-state index contributed by atoms with van der Waals surface area (Å²) < 4.78 is 49.8. The van der Waals surface area contributed by atoms with Crippen molar-refractivity contribution in [3.63, 3.8) is 0 Å². The number of hydrogen-bond donors (Lipinski definition) is 2. The summed E-state index contributed by atoms with van der Waals surface area (Å²) in [7, 11) is -2.61. The highest BCUT2D eigenvalue weighted by Crippen LogP contribution is 2.28. The zero-order valence-corrected chi connectivity index (χ0v) is 12.8. The molecular weight excluding hydrogens is 299 g/mol. The average molecular weight is 318 g/mol. The van der Waals surface area contributed by atoms with Gasteiger partial charge in [0.05, 0.1) is 30.9 Å². The van der Waals surface area contributed by atoms with E-state index in [0.29, 0.717) is 6.61 Å². The predicted octanol–water partition coefficient (Wildman–Crippen LogP) is 1.29. The molecular formula is C13H19FN2O4S. The van der Waals surface area contributed by atoms with Gasteiger partial charge in [0.15, 0.2) is 11.6 Å². The minimum Gasteiger partial charge on any atom is -0.492 e. The van der Waals surface area contributed by atoms with Crippen molar-refractivity contribution in [2.45, 2.75) is 11.8 Å². The standard InChI is InChI=1S/C13H19FN2O4S/c1-9(2)8-20-5-4-16-21(17,18)10-6-11(14)13(19-3)12(15)7-10/h6-7,16H,1,4-5,8,15H2,2-3H3. The number of nitrogens with one attached hydrogen (secondary N) is 1. The summed E-state index contributed by atoms with van der Waals surface area (Å²) in [6.07, 6.45) is 0. The molecule has 0 aliphatic heterocycles. The number of sulfonamides is 1. The molecule has 21 heavy (non-hydrogen) atoms. The van der Waals surface area contributed by atoms with Gasteiger partial charge in [0.25, 0.3) is 0 Å². The molecule has 8 heteroatoms. The van der Waals surface area contributed by atoms with E-state index in [1.54, 1.807) is 6.92 Å². The number of anilines is 1. The first kappa shape index (κ1) is 17.4. The van der Waals surface area contributed by atoms with Crippen LogP contribution in [0.15, 0.2) is 29.2 Å². The Kier molecular flexibility index (Phi) is 6.13.